The minimum Gasteiger partial charge on any atom is -0.493 e. The average molecular weight is 271 g/mol. The number of carbonyl (C=O) groups is 1. The van der Waals surface area contributed by atoms with Crippen molar-refractivity contribution < 1.29 is 14.6 Å². The van der Waals surface area contributed by atoms with Gasteiger partial charge in [0.05, 0.1) is 6.61 Å². The van der Waals surface area contributed by atoms with Gasteiger partial charge in [-0.25, -0.2) is 0 Å². The van der Waals surface area contributed by atoms with Crippen molar-refractivity contribution in [2.24, 2.45) is 0 Å². The quantitative estimate of drug-likeness (QED) is 0.762. The van der Waals surface area contributed by atoms with Gasteiger partial charge >= 0.3 is 5.97 Å². The fourth-order valence-corrected chi connectivity index (χ4v) is 2.18. The number of hydrogen-bond donors (Lipinski definition) is 1. The lowest BCUT2D eigenvalue weighted by molar-refractivity contribution is -0.137. The van der Waals surface area contributed by atoms with Gasteiger partial charge in [0.1, 0.15) is 5.75 Å². The van der Waals surface area contributed by atoms with Crippen molar-refractivity contribution in [1.82, 2.24) is 0 Å². The highest BCUT2D eigenvalue weighted by atomic mass is 35.5. The molecular weight excluding hydrogens is 252 g/mol. The first-order valence-electron chi connectivity index (χ1n) is 6.12. The van der Waals surface area contributed by atoms with Crippen LogP contribution in [0.4, 0.5) is 0 Å². The van der Waals surface area contributed by atoms with Crippen LogP contribution in [-0.2, 0) is 4.79 Å². The Morgan fingerprint density at radius 2 is 1.83 bits per heavy atom. The Balaban J connectivity index is 2.33. The van der Waals surface area contributed by atoms with Gasteiger partial charge in [-0.2, -0.15) is 0 Å². The van der Waals surface area contributed by atoms with Gasteiger partial charge in [-0.1, -0.05) is 11.6 Å². The number of hydrogen-bond acceptors (Lipinski definition) is 2. The molecule has 0 amide bonds. The van der Waals surface area contributed by atoms with E-state index in [4.69, 9.17) is 21.4 Å². The van der Waals surface area contributed by atoms with Crippen molar-refractivity contribution in [3.05, 3.63) is 28.3 Å². The second kappa shape index (κ2) is 7.27. The highest BCUT2D eigenvalue weighted by Crippen LogP contribution is 2.27. The lowest BCUT2D eigenvalue weighted by Crippen LogP contribution is -2.01. The molecule has 1 rings (SSSR count). The summed E-state index contributed by atoms with van der Waals surface area (Å²) in [6.07, 6.45) is 2.68. The Morgan fingerprint density at radius 3 is 2.39 bits per heavy atom. The maximum absolute atomic E-state index is 10.3. The molecule has 0 atom stereocenters. The fraction of sp³-hybridized carbons (Fsp3) is 0.500. The van der Waals surface area contributed by atoms with E-state index in [1.54, 1.807) is 0 Å². The minimum atomic E-state index is -0.736. The normalized spacial score (nSPS) is 10.4. The summed E-state index contributed by atoms with van der Waals surface area (Å²) in [5, 5.41) is 9.22. The average Bonchev–Trinajstić information content (AvgIpc) is 2.25. The van der Waals surface area contributed by atoms with Crippen LogP contribution < -0.4 is 4.74 Å². The Kier molecular flexibility index (Phi) is 5.99. The van der Waals surface area contributed by atoms with Gasteiger partial charge in [0.25, 0.3) is 0 Å². The highest BCUT2D eigenvalue weighted by molar-refractivity contribution is 6.30. The lowest BCUT2D eigenvalue weighted by atomic mass is 10.1. The molecular formula is C14H19ClO3. The summed E-state index contributed by atoms with van der Waals surface area (Å²) in [6.45, 7) is 4.56. The summed E-state index contributed by atoms with van der Waals surface area (Å²) in [7, 11) is 0. The van der Waals surface area contributed by atoms with E-state index in [-0.39, 0.29) is 6.42 Å². The highest BCUT2D eigenvalue weighted by Gasteiger charge is 2.05. The first kappa shape index (κ1) is 14.8. The molecule has 0 radical (unpaired) electrons. The molecule has 0 aromatic heterocycles. The summed E-state index contributed by atoms with van der Waals surface area (Å²) in [6, 6.07) is 3.77. The summed E-state index contributed by atoms with van der Waals surface area (Å²) in [5.41, 5.74) is 2.07. The molecule has 4 heteroatoms. The summed E-state index contributed by atoms with van der Waals surface area (Å²) < 4.78 is 5.72. The smallest absolute Gasteiger partial charge is 0.303 e. The fourth-order valence-electron chi connectivity index (χ4n) is 1.85. The first-order chi connectivity index (χ1) is 8.50. The largest absolute Gasteiger partial charge is 0.493 e. The molecule has 0 saturated carbocycles. The standard InChI is InChI=1S/C14H19ClO3/c1-10-8-12(15)9-11(2)14(10)18-7-5-3-4-6-13(16)17/h8-9H,3-7H2,1-2H3,(H,16,17). The van der Waals surface area contributed by atoms with E-state index in [0.29, 0.717) is 13.0 Å². The van der Waals surface area contributed by atoms with Gasteiger partial charge < -0.3 is 9.84 Å². The van der Waals surface area contributed by atoms with Crippen molar-refractivity contribution in [1.29, 1.82) is 0 Å². The zero-order valence-corrected chi connectivity index (χ0v) is 11.6. The number of rotatable bonds is 7. The van der Waals surface area contributed by atoms with Crippen LogP contribution in [0.3, 0.4) is 0 Å². The first-order valence-corrected chi connectivity index (χ1v) is 6.50. The number of benzene rings is 1. The number of carboxylic acids is 1. The second-order valence-electron chi connectivity index (χ2n) is 4.42. The third-order valence-electron chi connectivity index (χ3n) is 2.71. The monoisotopic (exact) mass is 270 g/mol. The molecule has 1 N–H and O–H groups in total. The lowest BCUT2D eigenvalue weighted by Gasteiger charge is -2.12. The van der Waals surface area contributed by atoms with Crippen LogP contribution in [-0.4, -0.2) is 17.7 Å². The van der Waals surface area contributed by atoms with E-state index in [0.717, 1.165) is 34.7 Å². The summed E-state index contributed by atoms with van der Waals surface area (Å²) >= 11 is 5.94. The van der Waals surface area contributed by atoms with Crippen LogP contribution in [0, 0.1) is 13.8 Å². The molecule has 0 heterocycles. The Hall–Kier alpha value is -1.22. The minimum absolute atomic E-state index is 0.235. The number of halogens is 1. The van der Waals surface area contributed by atoms with Crippen LogP contribution in [0.1, 0.15) is 36.8 Å². The third kappa shape index (κ3) is 4.96. The number of aliphatic carboxylic acids is 1. The molecule has 18 heavy (non-hydrogen) atoms. The zero-order valence-electron chi connectivity index (χ0n) is 10.8. The van der Waals surface area contributed by atoms with Crippen LogP contribution in [0.15, 0.2) is 12.1 Å². The van der Waals surface area contributed by atoms with Gasteiger partial charge in [0.2, 0.25) is 0 Å². The molecule has 0 aliphatic heterocycles. The third-order valence-corrected chi connectivity index (χ3v) is 2.92. The molecule has 0 aliphatic rings. The van der Waals surface area contributed by atoms with Crippen molar-refractivity contribution >= 4 is 17.6 Å². The molecule has 0 bridgehead atoms. The van der Waals surface area contributed by atoms with E-state index < -0.39 is 5.97 Å². The molecule has 0 spiro atoms. The van der Waals surface area contributed by atoms with Crippen molar-refractivity contribution in [3.8, 4) is 5.75 Å². The van der Waals surface area contributed by atoms with Crippen LogP contribution in [0.25, 0.3) is 0 Å². The summed E-state index contributed by atoms with van der Waals surface area (Å²) in [5.74, 6) is 0.151. The molecule has 0 aliphatic carbocycles. The topological polar surface area (TPSA) is 46.5 Å². The summed E-state index contributed by atoms with van der Waals surface area (Å²) in [4.78, 5) is 10.3. The second-order valence-corrected chi connectivity index (χ2v) is 4.86. The number of ether oxygens (including phenoxy) is 1. The molecule has 0 unspecified atom stereocenters. The van der Waals surface area contributed by atoms with Crippen molar-refractivity contribution in [3.63, 3.8) is 0 Å². The predicted octanol–water partition coefficient (Wildman–Crippen LogP) is 3.98. The maximum Gasteiger partial charge on any atom is 0.303 e. The Bertz CT molecular complexity index is 392. The van der Waals surface area contributed by atoms with E-state index in [9.17, 15) is 4.79 Å². The van der Waals surface area contributed by atoms with Gasteiger partial charge in [0.15, 0.2) is 0 Å². The van der Waals surface area contributed by atoms with Crippen LogP contribution >= 0.6 is 11.6 Å². The van der Waals surface area contributed by atoms with E-state index in [1.165, 1.54) is 0 Å². The Labute approximate surface area is 113 Å². The molecule has 100 valence electrons. The zero-order chi connectivity index (χ0) is 13.5. The molecule has 3 nitrogen and oxygen atoms in total. The van der Waals surface area contributed by atoms with E-state index in [1.807, 2.05) is 26.0 Å². The molecule has 0 saturated heterocycles. The van der Waals surface area contributed by atoms with E-state index in [2.05, 4.69) is 0 Å². The number of carboxylic acid groups (broad SMARTS) is 1. The SMILES string of the molecule is Cc1cc(Cl)cc(C)c1OCCCCCC(=O)O. The number of unbranched alkanes of at least 4 members (excludes halogenated alkanes) is 2. The van der Waals surface area contributed by atoms with Crippen molar-refractivity contribution in [2.45, 2.75) is 39.5 Å². The van der Waals surface area contributed by atoms with Crippen LogP contribution in [0.2, 0.25) is 5.02 Å². The van der Waals surface area contributed by atoms with Gasteiger partial charge in [-0.3, -0.25) is 4.79 Å². The molecule has 1 aromatic rings. The van der Waals surface area contributed by atoms with Crippen LogP contribution in [0.5, 0.6) is 5.75 Å². The van der Waals surface area contributed by atoms with E-state index >= 15 is 0 Å². The Morgan fingerprint density at radius 1 is 1.22 bits per heavy atom. The van der Waals surface area contributed by atoms with Crippen molar-refractivity contribution in [2.75, 3.05) is 6.61 Å². The number of aryl methyl sites for hydroxylation is 2. The maximum atomic E-state index is 10.3. The molecule has 0 fully saturated rings. The van der Waals surface area contributed by atoms with Gasteiger partial charge in [-0.15, -0.1) is 0 Å². The molecule has 1 aromatic carbocycles. The van der Waals surface area contributed by atoms with Gasteiger partial charge in [0, 0.05) is 11.4 Å². The predicted molar refractivity (Wildman–Crippen MR) is 72.5 cm³/mol. The van der Waals surface area contributed by atoms with Gasteiger partial charge in [-0.05, 0) is 56.4 Å².